The van der Waals surface area contributed by atoms with Gasteiger partial charge < -0.3 is 0 Å². The van der Waals surface area contributed by atoms with Crippen molar-refractivity contribution in [2.45, 2.75) is 17.5 Å². The first-order valence-electron chi connectivity index (χ1n) is 6.76. The molecule has 0 aliphatic heterocycles. The molecule has 0 saturated carbocycles. The van der Waals surface area contributed by atoms with Crippen LogP contribution in [0.5, 0.6) is 0 Å². The molecule has 0 radical (unpaired) electrons. The third kappa shape index (κ3) is 3.34. The number of nitrogens with zero attached hydrogens (tertiary/aromatic N) is 2. The highest BCUT2D eigenvalue weighted by atomic mass is 35.5. The zero-order valence-corrected chi connectivity index (χ0v) is 14.3. The summed E-state index contributed by atoms with van der Waals surface area (Å²) in [7, 11) is 0. The fourth-order valence-electron chi connectivity index (χ4n) is 2.10. The Morgan fingerprint density at radius 2 is 2.26 bits per heavy atom. The van der Waals surface area contributed by atoms with Crippen molar-refractivity contribution >= 4 is 44.9 Å². The molecule has 118 valence electrons. The molecular formula is C16H12ClFN2OS2. The van der Waals surface area contributed by atoms with Crippen molar-refractivity contribution in [1.82, 2.24) is 9.55 Å². The molecule has 0 N–H and O–H groups in total. The lowest BCUT2D eigenvalue weighted by molar-refractivity contribution is 0.627. The predicted molar refractivity (Wildman–Crippen MR) is 95.0 cm³/mol. The molecular weight excluding hydrogens is 355 g/mol. The van der Waals surface area contributed by atoms with Crippen LogP contribution in [0.3, 0.4) is 0 Å². The Kier molecular flexibility index (Phi) is 4.84. The first-order valence-corrected chi connectivity index (χ1v) is 9.00. The minimum Gasteiger partial charge on any atom is -0.283 e. The van der Waals surface area contributed by atoms with Crippen LogP contribution in [-0.4, -0.2) is 9.55 Å². The van der Waals surface area contributed by atoms with E-state index in [4.69, 9.17) is 11.6 Å². The van der Waals surface area contributed by atoms with Gasteiger partial charge in [0.2, 0.25) is 0 Å². The van der Waals surface area contributed by atoms with Crippen molar-refractivity contribution in [3.8, 4) is 0 Å². The average Bonchev–Trinajstić information content (AvgIpc) is 2.98. The minimum atomic E-state index is -0.370. The molecule has 0 aliphatic carbocycles. The van der Waals surface area contributed by atoms with Crippen LogP contribution in [-0.2, 0) is 12.3 Å². The summed E-state index contributed by atoms with van der Waals surface area (Å²) in [6.45, 7) is 4.08. The van der Waals surface area contributed by atoms with Crippen LogP contribution in [0, 0.1) is 5.82 Å². The Morgan fingerprint density at radius 3 is 3.00 bits per heavy atom. The van der Waals surface area contributed by atoms with Crippen molar-refractivity contribution in [1.29, 1.82) is 0 Å². The lowest BCUT2D eigenvalue weighted by atomic mass is 10.2. The number of halogens is 2. The van der Waals surface area contributed by atoms with Gasteiger partial charge in [-0.25, -0.2) is 9.37 Å². The van der Waals surface area contributed by atoms with E-state index >= 15 is 0 Å². The smallest absolute Gasteiger partial charge is 0.272 e. The lowest BCUT2D eigenvalue weighted by Gasteiger charge is -2.10. The summed E-state index contributed by atoms with van der Waals surface area (Å²) < 4.78 is 15.3. The van der Waals surface area contributed by atoms with Crippen LogP contribution >= 0.6 is 34.7 Å². The third-order valence-electron chi connectivity index (χ3n) is 3.21. The molecule has 0 bridgehead atoms. The molecule has 0 amide bonds. The quantitative estimate of drug-likeness (QED) is 0.372. The minimum absolute atomic E-state index is 0.0717. The Bertz CT molecular complexity index is 935. The summed E-state index contributed by atoms with van der Waals surface area (Å²) in [5.41, 5.74) is 1.41. The maximum absolute atomic E-state index is 13.1. The molecule has 2 heterocycles. The molecule has 3 nitrogen and oxygen atoms in total. The maximum Gasteiger partial charge on any atom is 0.272 e. The van der Waals surface area contributed by atoms with Gasteiger partial charge in [0.15, 0.2) is 5.16 Å². The molecule has 3 rings (SSSR count). The van der Waals surface area contributed by atoms with Gasteiger partial charge in [-0.2, -0.15) is 0 Å². The highest BCUT2D eigenvalue weighted by Gasteiger charge is 2.12. The van der Waals surface area contributed by atoms with E-state index in [9.17, 15) is 9.18 Å². The summed E-state index contributed by atoms with van der Waals surface area (Å²) in [5, 5.41) is 2.82. The van der Waals surface area contributed by atoms with Crippen LogP contribution in [0.25, 0.3) is 10.2 Å². The van der Waals surface area contributed by atoms with Crippen molar-refractivity contribution in [2.24, 2.45) is 0 Å². The molecule has 0 spiro atoms. The molecule has 2 aromatic heterocycles. The number of hydrogen-bond acceptors (Lipinski definition) is 4. The standard InChI is InChI=1S/C16H12ClFN2OS2/c1-2-6-20-15(21)14-13(5-7-22-14)19-16(20)23-9-10-3-4-11(18)8-12(10)17/h2-5,7-8H,1,6,9H2. The number of benzene rings is 1. The van der Waals surface area contributed by atoms with Gasteiger partial charge in [0.25, 0.3) is 5.56 Å². The van der Waals surface area contributed by atoms with Crippen LogP contribution in [0.2, 0.25) is 5.02 Å². The second kappa shape index (κ2) is 6.86. The van der Waals surface area contributed by atoms with E-state index in [1.165, 1.54) is 35.2 Å². The Labute approximate surface area is 145 Å². The first-order chi connectivity index (χ1) is 11.1. The Hall–Kier alpha value is -1.63. The van der Waals surface area contributed by atoms with E-state index in [0.29, 0.717) is 32.7 Å². The van der Waals surface area contributed by atoms with Crippen LogP contribution in [0.1, 0.15) is 5.56 Å². The largest absolute Gasteiger partial charge is 0.283 e. The van der Waals surface area contributed by atoms with E-state index in [1.54, 1.807) is 16.7 Å². The van der Waals surface area contributed by atoms with Gasteiger partial charge in [0, 0.05) is 17.3 Å². The maximum atomic E-state index is 13.1. The Morgan fingerprint density at radius 1 is 1.43 bits per heavy atom. The predicted octanol–water partition coefficient (Wildman–Crippen LogP) is 4.73. The number of allylic oxidation sites excluding steroid dienone is 1. The summed E-state index contributed by atoms with van der Waals surface area (Å²) in [5.74, 6) is 0.128. The first kappa shape index (κ1) is 16.2. The van der Waals surface area contributed by atoms with E-state index < -0.39 is 0 Å². The van der Waals surface area contributed by atoms with Gasteiger partial charge >= 0.3 is 0 Å². The van der Waals surface area contributed by atoms with Crippen LogP contribution < -0.4 is 5.56 Å². The summed E-state index contributed by atoms with van der Waals surface area (Å²) in [6, 6.07) is 6.12. The van der Waals surface area contributed by atoms with E-state index in [-0.39, 0.29) is 11.4 Å². The molecule has 0 atom stereocenters. The summed E-state index contributed by atoms with van der Waals surface area (Å²) in [4.78, 5) is 17.1. The lowest BCUT2D eigenvalue weighted by Crippen LogP contribution is -2.21. The topological polar surface area (TPSA) is 34.9 Å². The SMILES string of the molecule is C=CCn1c(SCc2ccc(F)cc2Cl)nc2ccsc2c1=O. The van der Waals surface area contributed by atoms with Crippen LogP contribution in [0.15, 0.2) is 52.3 Å². The molecule has 3 aromatic rings. The van der Waals surface area contributed by atoms with Crippen molar-refractivity contribution in [3.63, 3.8) is 0 Å². The summed E-state index contributed by atoms with van der Waals surface area (Å²) in [6.07, 6.45) is 1.66. The molecule has 0 aliphatic rings. The van der Waals surface area contributed by atoms with E-state index in [2.05, 4.69) is 11.6 Å². The zero-order chi connectivity index (χ0) is 16.4. The highest BCUT2D eigenvalue weighted by molar-refractivity contribution is 7.98. The number of thiophene rings is 1. The normalized spacial score (nSPS) is 11.0. The average molecular weight is 367 g/mol. The Balaban J connectivity index is 1.96. The second-order valence-corrected chi connectivity index (χ2v) is 7.02. The van der Waals surface area contributed by atoms with Crippen molar-refractivity contribution < 1.29 is 4.39 Å². The number of hydrogen-bond donors (Lipinski definition) is 0. The molecule has 1 aromatic carbocycles. The van der Waals surface area contributed by atoms with Gasteiger partial charge in [-0.1, -0.05) is 35.5 Å². The number of thioether (sulfide) groups is 1. The van der Waals surface area contributed by atoms with Gasteiger partial charge in [0.05, 0.1) is 5.52 Å². The highest BCUT2D eigenvalue weighted by Crippen LogP contribution is 2.27. The van der Waals surface area contributed by atoms with Gasteiger partial charge in [-0.3, -0.25) is 9.36 Å². The molecule has 23 heavy (non-hydrogen) atoms. The third-order valence-corrected chi connectivity index (χ3v) is 5.48. The van der Waals surface area contributed by atoms with Crippen molar-refractivity contribution in [3.05, 3.63) is 69.1 Å². The molecule has 0 saturated heterocycles. The monoisotopic (exact) mass is 366 g/mol. The van der Waals surface area contributed by atoms with E-state index in [1.807, 2.05) is 11.4 Å². The fourth-order valence-corrected chi connectivity index (χ4v) is 4.21. The van der Waals surface area contributed by atoms with E-state index in [0.717, 1.165) is 5.56 Å². The van der Waals surface area contributed by atoms with Crippen LogP contribution in [0.4, 0.5) is 4.39 Å². The van der Waals surface area contributed by atoms with Gasteiger partial charge in [-0.05, 0) is 29.1 Å². The van der Waals surface area contributed by atoms with Gasteiger partial charge in [-0.15, -0.1) is 17.9 Å². The fraction of sp³-hybridized carbons (Fsp3) is 0.125. The summed E-state index contributed by atoms with van der Waals surface area (Å²) >= 11 is 8.82. The molecule has 7 heteroatoms. The molecule has 0 fully saturated rings. The number of fused-ring (bicyclic) bond motifs is 1. The zero-order valence-electron chi connectivity index (χ0n) is 12.0. The molecule has 0 unspecified atom stereocenters. The second-order valence-electron chi connectivity index (χ2n) is 4.76. The van der Waals surface area contributed by atoms with Gasteiger partial charge in [0.1, 0.15) is 10.5 Å². The van der Waals surface area contributed by atoms with Crippen molar-refractivity contribution in [2.75, 3.05) is 0 Å². The number of rotatable bonds is 5. The number of aromatic nitrogens is 2.